The molecule has 1 N–H and O–H groups in total. The third-order valence-corrected chi connectivity index (χ3v) is 3.89. The van der Waals surface area contributed by atoms with Gasteiger partial charge in [-0.15, -0.1) is 0 Å². The van der Waals surface area contributed by atoms with Crippen molar-refractivity contribution in [3.8, 4) is 0 Å². The summed E-state index contributed by atoms with van der Waals surface area (Å²) in [5.41, 5.74) is 2.41. The van der Waals surface area contributed by atoms with Crippen LogP contribution in [-0.2, 0) is 19.3 Å². The van der Waals surface area contributed by atoms with E-state index in [1.54, 1.807) is 6.92 Å². The Labute approximate surface area is 140 Å². The largest absolute Gasteiger partial charge is 0.339 e. The minimum absolute atomic E-state index is 0.149. The second-order valence-electron chi connectivity index (χ2n) is 5.84. The van der Waals surface area contributed by atoms with Crippen LogP contribution in [0.5, 0.6) is 0 Å². The molecule has 0 unspecified atom stereocenters. The van der Waals surface area contributed by atoms with Gasteiger partial charge in [-0.05, 0) is 32.3 Å². The number of aromatic amines is 1. The zero-order valence-electron chi connectivity index (χ0n) is 13.9. The van der Waals surface area contributed by atoms with E-state index in [2.05, 4.69) is 32.2 Å². The summed E-state index contributed by atoms with van der Waals surface area (Å²) in [5, 5.41) is 4.00. The normalized spacial score (nSPS) is 10.9. The molecule has 0 aliphatic rings. The van der Waals surface area contributed by atoms with Gasteiger partial charge in [0.1, 0.15) is 5.82 Å². The molecule has 2 heterocycles. The summed E-state index contributed by atoms with van der Waals surface area (Å²) in [7, 11) is 0. The maximum absolute atomic E-state index is 12.0. The van der Waals surface area contributed by atoms with Gasteiger partial charge in [-0.1, -0.05) is 35.5 Å². The van der Waals surface area contributed by atoms with Crippen molar-refractivity contribution < 1.29 is 4.52 Å². The predicted octanol–water partition coefficient (Wildman–Crippen LogP) is 2.54. The SMILES string of the molecule is Cc1nc(C)c(Cc2nc(CCCc3ccccc3)no2)c(=O)[nH]1. The Hall–Kier alpha value is -2.76. The van der Waals surface area contributed by atoms with E-state index in [4.69, 9.17) is 4.52 Å². The van der Waals surface area contributed by atoms with Crippen LogP contribution in [0, 0.1) is 13.8 Å². The van der Waals surface area contributed by atoms with Crippen LogP contribution in [0.1, 0.15) is 40.8 Å². The molecule has 3 aromatic rings. The smallest absolute Gasteiger partial charge is 0.254 e. The van der Waals surface area contributed by atoms with Crippen LogP contribution in [0.15, 0.2) is 39.6 Å². The number of aromatic nitrogens is 4. The van der Waals surface area contributed by atoms with Gasteiger partial charge in [0.25, 0.3) is 5.56 Å². The minimum Gasteiger partial charge on any atom is -0.339 e. The average Bonchev–Trinajstić information content (AvgIpc) is 2.99. The van der Waals surface area contributed by atoms with Crippen LogP contribution in [0.25, 0.3) is 0 Å². The maximum atomic E-state index is 12.0. The van der Waals surface area contributed by atoms with Crippen molar-refractivity contribution in [3.05, 3.63) is 75.0 Å². The molecule has 24 heavy (non-hydrogen) atoms. The lowest BCUT2D eigenvalue weighted by Gasteiger charge is -2.01. The van der Waals surface area contributed by atoms with E-state index in [1.807, 2.05) is 25.1 Å². The molecule has 2 aromatic heterocycles. The second-order valence-corrected chi connectivity index (χ2v) is 5.84. The number of aryl methyl sites for hydroxylation is 4. The van der Waals surface area contributed by atoms with Gasteiger partial charge in [-0.3, -0.25) is 4.79 Å². The molecule has 0 saturated heterocycles. The van der Waals surface area contributed by atoms with Crippen molar-refractivity contribution in [2.75, 3.05) is 0 Å². The van der Waals surface area contributed by atoms with Crippen molar-refractivity contribution in [2.24, 2.45) is 0 Å². The van der Waals surface area contributed by atoms with Crippen molar-refractivity contribution in [1.29, 1.82) is 0 Å². The third-order valence-electron chi connectivity index (χ3n) is 3.89. The highest BCUT2D eigenvalue weighted by atomic mass is 16.5. The van der Waals surface area contributed by atoms with E-state index in [0.29, 0.717) is 35.2 Å². The molecule has 6 heteroatoms. The van der Waals surface area contributed by atoms with Crippen molar-refractivity contribution in [1.82, 2.24) is 20.1 Å². The Kier molecular flexibility index (Phi) is 4.84. The van der Waals surface area contributed by atoms with Gasteiger partial charge in [-0.25, -0.2) is 4.98 Å². The van der Waals surface area contributed by atoms with Gasteiger partial charge in [0.2, 0.25) is 5.89 Å². The van der Waals surface area contributed by atoms with Crippen molar-refractivity contribution in [2.45, 2.75) is 39.5 Å². The fourth-order valence-corrected chi connectivity index (χ4v) is 2.67. The summed E-state index contributed by atoms with van der Waals surface area (Å²) in [5.74, 6) is 1.73. The van der Waals surface area contributed by atoms with E-state index in [-0.39, 0.29) is 5.56 Å². The van der Waals surface area contributed by atoms with Gasteiger partial charge in [0.15, 0.2) is 5.82 Å². The highest BCUT2D eigenvalue weighted by Gasteiger charge is 2.13. The summed E-state index contributed by atoms with van der Waals surface area (Å²) in [6, 6.07) is 10.3. The van der Waals surface area contributed by atoms with Crippen LogP contribution in [0.2, 0.25) is 0 Å². The summed E-state index contributed by atoms with van der Waals surface area (Å²) in [4.78, 5) is 23.4. The fraction of sp³-hybridized carbons (Fsp3) is 0.333. The van der Waals surface area contributed by atoms with Crippen LogP contribution >= 0.6 is 0 Å². The third kappa shape index (κ3) is 3.95. The highest BCUT2D eigenvalue weighted by molar-refractivity contribution is 5.20. The highest BCUT2D eigenvalue weighted by Crippen LogP contribution is 2.10. The lowest BCUT2D eigenvalue weighted by atomic mass is 10.1. The maximum Gasteiger partial charge on any atom is 0.254 e. The molecule has 0 bridgehead atoms. The molecule has 0 spiro atoms. The molecular formula is C18H20N4O2. The topological polar surface area (TPSA) is 84.7 Å². The standard InChI is InChI=1S/C18H20N4O2/c1-12-15(18(23)20-13(2)19-12)11-17-21-16(22-24-17)10-6-9-14-7-4-3-5-8-14/h3-5,7-8H,6,9-11H2,1-2H3,(H,19,20,23). The van der Waals surface area contributed by atoms with Crippen LogP contribution < -0.4 is 5.56 Å². The number of rotatable bonds is 6. The first-order valence-corrected chi connectivity index (χ1v) is 8.03. The number of nitrogens with one attached hydrogen (secondary N) is 1. The Morgan fingerprint density at radius 3 is 2.62 bits per heavy atom. The van der Waals surface area contributed by atoms with Crippen molar-refractivity contribution >= 4 is 0 Å². The summed E-state index contributed by atoms with van der Waals surface area (Å²) in [6.45, 7) is 3.57. The van der Waals surface area contributed by atoms with Crippen LogP contribution in [-0.4, -0.2) is 20.1 Å². The summed E-state index contributed by atoms with van der Waals surface area (Å²) in [6.07, 6.45) is 2.99. The number of nitrogens with zero attached hydrogens (tertiary/aromatic N) is 3. The van der Waals surface area contributed by atoms with Gasteiger partial charge in [0, 0.05) is 17.7 Å². The van der Waals surface area contributed by atoms with Crippen molar-refractivity contribution in [3.63, 3.8) is 0 Å². The minimum atomic E-state index is -0.149. The quantitative estimate of drug-likeness (QED) is 0.753. The van der Waals surface area contributed by atoms with Gasteiger partial charge >= 0.3 is 0 Å². The van der Waals surface area contributed by atoms with E-state index in [0.717, 1.165) is 19.3 Å². The molecule has 0 aliphatic carbocycles. The molecule has 0 atom stereocenters. The van der Waals surface area contributed by atoms with E-state index >= 15 is 0 Å². The molecule has 0 saturated carbocycles. The molecule has 6 nitrogen and oxygen atoms in total. The molecule has 0 radical (unpaired) electrons. The van der Waals surface area contributed by atoms with E-state index in [1.165, 1.54) is 5.56 Å². The van der Waals surface area contributed by atoms with Crippen LogP contribution in [0.4, 0.5) is 0 Å². The van der Waals surface area contributed by atoms with Gasteiger partial charge in [-0.2, -0.15) is 4.98 Å². The molecular weight excluding hydrogens is 304 g/mol. The predicted molar refractivity (Wildman–Crippen MR) is 89.9 cm³/mol. The zero-order chi connectivity index (χ0) is 16.9. The lowest BCUT2D eigenvalue weighted by molar-refractivity contribution is 0.378. The number of H-pyrrole nitrogens is 1. The average molecular weight is 324 g/mol. The van der Waals surface area contributed by atoms with Gasteiger partial charge in [0.05, 0.1) is 6.42 Å². The monoisotopic (exact) mass is 324 g/mol. The Balaban J connectivity index is 1.61. The summed E-state index contributed by atoms with van der Waals surface area (Å²) >= 11 is 0. The first-order valence-electron chi connectivity index (χ1n) is 8.03. The number of benzene rings is 1. The number of hydrogen-bond acceptors (Lipinski definition) is 5. The van der Waals surface area contributed by atoms with Gasteiger partial charge < -0.3 is 9.51 Å². The first-order chi connectivity index (χ1) is 11.6. The first kappa shape index (κ1) is 16.1. The molecule has 0 aliphatic heterocycles. The number of hydrogen-bond donors (Lipinski definition) is 1. The molecule has 0 amide bonds. The van der Waals surface area contributed by atoms with Crippen LogP contribution in [0.3, 0.4) is 0 Å². The van der Waals surface area contributed by atoms with E-state index in [9.17, 15) is 4.79 Å². The molecule has 124 valence electrons. The Morgan fingerprint density at radius 1 is 1.08 bits per heavy atom. The second kappa shape index (κ2) is 7.21. The lowest BCUT2D eigenvalue weighted by Crippen LogP contribution is -2.18. The summed E-state index contributed by atoms with van der Waals surface area (Å²) < 4.78 is 5.27. The fourth-order valence-electron chi connectivity index (χ4n) is 2.67. The molecule has 3 rings (SSSR count). The zero-order valence-corrected chi connectivity index (χ0v) is 13.9. The molecule has 0 fully saturated rings. The Bertz CT molecular complexity index is 868. The molecule has 1 aromatic carbocycles. The Morgan fingerprint density at radius 2 is 1.88 bits per heavy atom. The van der Waals surface area contributed by atoms with E-state index < -0.39 is 0 Å².